The van der Waals surface area contributed by atoms with E-state index in [9.17, 15) is 4.39 Å². The van der Waals surface area contributed by atoms with Crippen LogP contribution in [0.1, 0.15) is 11.1 Å². The van der Waals surface area contributed by atoms with E-state index in [4.69, 9.17) is 5.73 Å². The Hall–Kier alpha value is -1.00. The molecule has 0 atom stereocenters. The third-order valence-electron chi connectivity index (χ3n) is 2.48. The molecule has 2 rings (SSSR count). The molecule has 0 amide bonds. The number of anilines is 1. The maximum Gasteiger partial charge on any atom is 0.124 e. The lowest BCUT2D eigenvalue weighted by molar-refractivity contribution is 0.625. The average Bonchev–Trinajstić information content (AvgIpc) is 2.26. The second-order valence-electron chi connectivity index (χ2n) is 4.11. The maximum absolute atomic E-state index is 13.2. The molecule has 0 aliphatic carbocycles. The average molecular weight is 326 g/mol. The maximum atomic E-state index is 13.2. The number of hydrogen-bond acceptors (Lipinski definition) is 2. The fourth-order valence-corrected chi connectivity index (χ4v) is 3.05. The van der Waals surface area contributed by atoms with Crippen LogP contribution in [0.4, 0.5) is 10.1 Å². The Kier molecular flexibility index (Phi) is 4.30. The molecule has 94 valence electrons. The summed E-state index contributed by atoms with van der Waals surface area (Å²) in [6.45, 7) is 2.01. The molecule has 4 heteroatoms. The third-order valence-corrected chi connectivity index (χ3v) is 4.10. The van der Waals surface area contributed by atoms with Crippen LogP contribution in [0.2, 0.25) is 0 Å². The van der Waals surface area contributed by atoms with Crippen molar-refractivity contribution < 1.29 is 4.39 Å². The Morgan fingerprint density at radius 2 is 2.00 bits per heavy atom. The van der Waals surface area contributed by atoms with Gasteiger partial charge < -0.3 is 5.73 Å². The van der Waals surface area contributed by atoms with Crippen molar-refractivity contribution in [3.8, 4) is 0 Å². The van der Waals surface area contributed by atoms with Crippen molar-refractivity contribution in [1.29, 1.82) is 0 Å². The molecule has 0 fully saturated rings. The normalized spacial score (nSPS) is 10.6. The molecule has 2 aromatic carbocycles. The van der Waals surface area contributed by atoms with Crippen LogP contribution < -0.4 is 5.73 Å². The molecule has 0 bridgehead atoms. The van der Waals surface area contributed by atoms with Crippen molar-refractivity contribution in [3.05, 3.63) is 57.8 Å². The highest BCUT2D eigenvalue weighted by molar-refractivity contribution is 9.10. The van der Waals surface area contributed by atoms with Gasteiger partial charge in [-0.2, -0.15) is 0 Å². The Labute approximate surface area is 119 Å². The highest BCUT2D eigenvalue weighted by Crippen LogP contribution is 2.29. The number of nitrogen functional groups attached to an aromatic ring is 1. The predicted octanol–water partition coefficient (Wildman–Crippen LogP) is 4.77. The largest absolute Gasteiger partial charge is 0.398 e. The first-order valence-electron chi connectivity index (χ1n) is 5.48. The number of halogens is 2. The fourth-order valence-electron chi connectivity index (χ4n) is 1.65. The standard InChI is InChI=1S/C14H13BrFNS/c1-9-2-3-14(13(17)4-9)18-8-10-5-11(15)7-12(16)6-10/h2-7H,8,17H2,1H3. The van der Waals surface area contributed by atoms with Gasteiger partial charge in [0, 0.05) is 20.8 Å². The van der Waals surface area contributed by atoms with Crippen LogP contribution in [0, 0.1) is 12.7 Å². The predicted molar refractivity (Wildman–Crippen MR) is 79.3 cm³/mol. The summed E-state index contributed by atoms with van der Waals surface area (Å²) in [6.07, 6.45) is 0. The first-order chi connectivity index (χ1) is 8.54. The van der Waals surface area contributed by atoms with Gasteiger partial charge in [0.1, 0.15) is 5.82 Å². The van der Waals surface area contributed by atoms with Crippen molar-refractivity contribution in [2.45, 2.75) is 17.6 Å². The molecule has 0 spiro atoms. The van der Waals surface area contributed by atoms with Gasteiger partial charge in [-0.25, -0.2) is 4.39 Å². The van der Waals surface area contributed by atoms with Gasteiger partial charge in [0.15, 0.2) is 0 Å². The van der Waals surface area contributed by atoms with E-state index in [0.717, 1.165) is 26.2 Å². The molecule has 2 N–H and O–H groups in total. The zero-order valence-corrected chi connectivity index (χ0v) is 12.3. The van der Waals surface area contributed by atoms with Crippen LogP contribution in [-0.4, -0.2) is 0 Å². The smallest absolute Gasteiger partial charge is 0.124 e. The van der Waals surface area contributed by atoms with Crippen LogP contribution in [0.15, 0.2) is 45.8 Å². The minimum absolute atomic E-state index is 0.225. The number of aryl methyl sites for hydroxylation is 1. The summed E-state index contributed by atoms with van der Waals surface area (Å²) in [4.78, 5) is 1.03. The first-order valence-corrected chi connectivity index (χ1v) is 7.26. The number of rotatable bonds is 3. The van der Waals surface area contributed by atoms with Gasteiger partial charge in [-0.3, -0.25) is 0 Å². The van der Waals surface area contributed by atoms with Crippen LogP contribution in [-0.2, 0) is 5.75 Å². The minimum atomic E-state index is -0.225. The number of nitrogens with two attached hydrogens (primary N) is 1. The zero-order chi connectivity index (χ0) is 13.1. The zero-order valence-electron chi connectivity index (χ0n) is 9.91. The van der Waals surface area contributed by atoms with E-state index < -0.39 is 0 Å². The number of thioether (sulfide) groups is 1. The molecule has 1 nitrogen and oxygen atoms in total. The molecule has 0 aliphatic heterocycles. The second-order valence-corrected chi connectivity index (χ2v) is 6.04. The lowest BCUT2D eigenvalue weighted by Crippen LogP contribution is -1.90. The van der Waals surface area contributed by atoms with E-state index in [-0.39, 0.29) is 5.82 Å². The van der Waals surface area contributed by atoms with E-state index in [1.807, 2.05) is 31.2 Å². The van der Waals surface area contributed by atoms with E-state index in [2.05, 4.69) is 15.9 Å². The molecule has 18 heavy (non-hydrogen) atoms. The Balaban J connectivity index is 2.11. The van der Waals surface area contributed by atoms with Gasteiger partial charge in [0.2, 0.25) is 0 Å². The second kappa shape index (κ2) is 5.76. The summed E-state index contributed by atoms with van der Waals surface area (Å²) in [5.41, 5.74) is 8.80. The first kappa shape index (κ1) is 13.4. The van der Waals surface area contributed by atoms with Crippen molar-refractivity contribution in [2.24, 2.45) is 0 Å². The SMILES string of the molecule is Cc1ccc(SCc2cc(F)cc(Br)c2)c(N)c1. The molecule has 0 radical (unpaired) electrons. The lowest BCUT2D eigenvalue weighted by atomic mass is 10.2. The fraction of sp³-hybridized carbons (Fsp3) is 0.143. The van der Waals surface area contributed by atoms with Crippen LogP contribution >= 0.6 is 27.7 Å². The molecule has 0 unspecified atom stereocenters. The van der Waals surface area contributed by atoms with Crippen molar-refractivity contribution in [1.82, 2.24) is 0 Å². The Morgan fingerprint density at radius 1 is 1.22 bits per heavy atom. The highest BCUT2D eigenvalue weighted by Gasteiger charge is 2.03. The highest BCUT2D eigenvalue weighted by atomic mass is 79.9. The summed E-state index contributed by atoms with van der Waals surface area (Å²) in [5, 5.41) is 0. The summed E-state index contributed by atoms with van der Waals surface area (Å²) in [6, 6.07) is 10.9. The van der Waals surface area contributed by atoms with Crippen LogP contribution in [0.5, 0.6) is 0 Å². The molecular formula is C14H13BrFNS. The number of hydrogen-bond donors (Lipinski definition) is 1. The third kappa shape index (κ3) is 3.50. The van der Waals surface area contributed by atoms with Gasteiger partial charge in [-0.15, -0.1) is 11.8 Å². The molecule has 0 saturated heterocycles. The summed E-state index contributed by atoms with van der Waals surface area (Å²) < 4.78 is 14.0. The van der Waals surface area contributed by atoms with Crippen molar-refractivity contribution in [2.75, 3.05) is 5.73 Å². The summed E-state index contributed by atoms with van der Waals surface area (Å²) in [5.74, 6) is 0.473. The van der Waals surface area contributed by atoms with Crippen LogP contribution in [0.25, 0.3) is 0 Å². The van der Waals surface area contributed by atoms with Gasteiger partial charge >= 0.3 is 0 Å². The van der Waals surface area contributed by atoms with Gasteiger partial charge in [-0.1, -0.05) is 22.0 Å². The molecule has 0 heterocycles. The Bertz CT molecular complexity index is 551. The molecule has 0 saturated carbocycles. The molecule has 2 aromatic rings. The number of benzene rings is 2. The van der Waals surface area contributed by atoms with E-state index in [0.29, 0.717) is 5.75 Å². The van der Waals surface area contributed by atoms with Crippen molar-refractivity contribution in [3.63, 3.8) is 0 Å². The van der Waals surface area contributed by atoms with Crippen LogP contribution in [0.3, 0.4) is 0 Å². The van der Waals surface area contributed by atoms with Gasteiger partial charge in [-0.05, 0) is 48.4 Å². The monoisotopic (exact) mass is 325 g/mol. The summed E-state index contributed by atoms with van der Waals surface area (Å²) >= 11 is 4.90. The molecule has 0 aliphatic rings. The lowest BCUT2D eigenvalue weighted by Gasteiger charge is -2.07. The summed E-state index contributed by atoms with van der Waals surface area (Å²) in [7, 11) is 0. The van der Waals surface area contributed by atoms with E-state index >= 15 is 0 Å². The minimum Gasteiger partial charge on any atom is -0.398 e. The topological polar surface area (TPSA) is 26.0 Å². The van der Waals surface area contributed by atoms with Crippen molar-refractivity contribution >= 4 is 33.4 Å². The van der Waals surface area contributed by atoms with E-state index in [1.54, 1.807) is 17.8 Å². The molecular weight excluding hydrogens is 313 g/mol. The quantitative estimate of drug-likeness (QED) is 0.649. The van der Waals surface area contributed by atoms with Gasteiger partial charge in [0.05, 0.1) is 0 Å². The van der Waals surface area contributed by atoms with Gasteiger partial charge in [0.25, 0.3) is 0 Å². The van der Waals surface area contributed by atoms with E-state index in [1.165, 1.54) is 6.07 Å². The molecule has 0 aromatic heterocycles. The Morgan fingerprint density at radius 3 is 2.67 bits per heavy atom.